The molecule has 0 bridgehead atoms. The van der Waals surface area contributed by atoms with Crippen molar-refractivity contribution in [2.75, 3.05) is 88.0 Å². The van der Waals surface area contributed by atoms with Crippen LogP contribution in [0.15, 0.2) is 12.2 Å². The number of hydrogen-bond acceptors (Lipinski definition) is 9. The lowest BCUT2D eigenvalue weighted by atomic mass is 10.4. The minimum absolute atomic E-state index is 0.0714. The number of esters is 1. The SMILES string of the molecule is C=C(C)C(=O)OCCC[Si](C)(O[Si](C)(C)CCCCP(=O)(O)OCC[N+](C)(C)C)O[Si](C)(C)CCCOP(=O)(O)OCC[N+](C)(C)C. The number of ether oxygens (including phenoxy) is 1. The summed E-state index contributed by atoms with van der Waals surface area (Å²) < 4.78 is 60.8. The van der Waals surface area contributed by atoms with Gasteiger partial charge in [0.05, 0.1) is 55.5 Å². The van der Waals surface area contributed by atoms with Crippen LogP contribution in [0.4, 0.5) is 0 Å². The molecule has 0 rings (SSSR count). The summed E-state index contributed by atoms with van der Waals surface area (Å²) >= 11 is 0. The first-order valence-electron chi connectivity index (χ1n) is 16.5. The van der Waals surface area contributed by atoms with E-state index in [4.69, 9.17) is 26.5 Å². The van der Waals surface area contributed by atoms with Crippen LogP contribution in [-0.4, -0.2) is 138 Å². The molecule has 0 radical (unpaired) electrons. The zero-order valence-corrected chi connectivity index (χ0v) is 36.3. The monoisotopic (exact) mass is 766 g/mol. The van der Waals surface area contributed by atoms with Crippen molar-refractivity contribution >= 4 is 46.6 Å². The lowest BCUT2D eigenvalue weighted by Gasteiger charge is -2.41. The van der Waals surface area contributed by atoms with Gasteiger partial charge in [0, 0.05) is 11.7 Å². The molecular formula is C29H68N2O11P2Si3+2. The van der Waals surface area contributed by atoms with Gasteiger partial charge in [0.15, 0.2) is 16.6 Å². The van der Waals surface area contributed by atoms with E-state index in [0.29, 0.717) is 59.0 Å². The molecule has 3 unspecified atom stereocenters. The van der Waals surface area contributed by atoms with Crippen molar-refractivity contribution in [1.29, 1.82) is 0 Å². The molecule has 18 heteroatoms. The summed E-state index contributed by atoms with van der Waals surface area (Å²) in [7, 11) is -3.21. The molecule has 0 spiro atoms. The first kappa shape index (κ1) is 47.0. The Hall–Kier alpha value is -0.0394. The van der Waals surface area contributed by atoms with Gasteiger partial charge in [-0.3, -0.25) is 13.6 Å². The van der Waals surface area contributed by atoms with Gasteiger partial charge in [0.25, 0.3) is 0 Å². The van der Waals surface area contributed by atoms with E-state index in [9.17, 15) is 23.7 Å². The number of rotatable bonds is 27. The molecule has 0 aliphatic heterocycles. The average molecular weight is 767 g/mol. The zero-order chi connectivity index (χ0) is 36.8. The second kappa shape index (κ2) is 20.1. The van der Waals surface area contributed by atoms with E-state index in [-0.39, 0.29) is 32.6 Å². The van der Waals surface area contributed by atoms with Crippen LogP contribution in [0.5, 0.6) is 0 Å². The Morgan fingerprint density at radius 2 is 1.13 bits per heavy atom. The van der Waals surface area contributed by atoms with Gasteiger partial charge in [-0.1, -0.05) is 13.0 Å². The van der Waals surface area contributed by atoms with Crippen LogP contribution in [0.25, 0.3) is 0 Å². The van der Waals surface area contributed by atoms with Crippen molar-refractivity contribution in [3.05, 3.63) is 12.2 Å². The molecular weight excluding hydrogens is 699 g/mol. The molecule has 0 aliphatic rings. The molecule has 0 aliphatic carbocycles. The number of nitrogens with zero attached hydrogens (tertiary/aromatic N) is 2. The van der Waals surface area contributed by atoms with Crippen molar-refractivity contribution in [3.8, 4) is 0 Å². The smallest absolute Gasteiger partial charge is 0.462 e. The number of carbonyl (C=O) groups excluding carboxylic acids is 1. The number of hydrogen-bond donors (Lipinski definition) is 2. The third kappa shape index (κ3) is 26.4. The number of likely N-dealkylation sites (N-methyl/N-ethyl adjacent to an activating group) is 2. The maximum Gasteiger partial charge on any atom is 0.472 e. The Kier molecular flexibility index (Phi) is 20.1. The molecule has 47 heavy (non-hydrogen) atoms. The topological polar surface area (TPSA) is 147 Å². The molecule has 0 heterocycles. The van der Waals surface area contributed by atoms with Crippen LogP contribution in [-0.2, 0) is 40.5 Å². The molecule has 0 saturated heterocycles. The molecule has 0 aromatic carbocycles. The molecule has 2 N–H and O–H groups in total. The molecule has 3 atom stereocenters. The predicted octanol–water partition coefficient (Wildman–Crippen LogP) is 5.93. The molecule has 13 nitrogen and oxygen atoms in total. The number of phosphoric ester groups is 1. The van der Waals surface area contributed by atoms with Crippen LogP contribution >= 0.6 is 15.4 Å². The van der Waals surface area contributed by atoms with E-state index >= 15 is 0 Å². The fourth-order valence-corrected chi connectivity index (χ4v) is 20.9. The summed E-state index contributed by atoms with van der Waals surface area (Å²) in [5.41, 5.74) is 0.346. The van der Waals surface area contributed by atoms with E-state index in [1.165, 1.54) is 0 Å². The lowest BCUT2D eigenvalue weighted by molar-refractivity contribution is -0.870. The van der Waals surface area contributed by atoms with E-state index in [1.54, 1.807) is 6.92 Å². The Morgan fingerprint density at radius 1 is 0.681 bits per heavy atom. The van der Waals surface area contributed by atoms with Gasteiger partial charge in [-0.05, 0) is 77.1 Å². The van der Waals surface area contributed by atoms with Gasteiger partial charge in [-0.15, -0.1) is 0 Å². The molecule has 0 fully saturated rings. The Labute approximate surface area is 288 Å². The number of unbranched alkanes of at least 4 members (excludes halogenated alkanes) is 1. The number of carbonyl (C=O) groups is 1. The normalized spacial score (nSPS) is 17.1. The van der Waals surface area contributed by atoms with E-state index in [2.05, 4.69) is 39.3 Å². The van der Waals surface area contributed by atoms with Gasteiger partial charge in [-0.2, -0.15) is 0 Å². The van der Waals surface area contributed by atoms with E-state index in [1.807, 2.05) is 42.3 Å². The largest absolute Gasteiger partial charge is 0.472 e. The minimum atomic E-state index is -4.14. The summed E-state index contributed by atoms with van der Waals surface area (Å²) in [6.45, 7) is 17.7. The zero-order valence-electron chi connectivity index (χ0n) is 31.5. The highest BCUT2D eigenvalue weighted by atomic mass is 31.2. The molecule has 0 aromatic heterocycles. The van der Waals surface area contributed by atoms with Gasteiger partial charge in [0.2, 0.25) is 0 Å². The molecule has 280 valence electrons. The fourth-order valence-electron chi connectivity index (χ4n) is 4.60. The second-order valence-electron chi connectivity index (χ2n) is 15.8. The summed E-state index contributed by atoms with van der Waals surface area (Å²) in [6, 6.07) is 2.10. The standard InChI is InChI=1S/C29H66N2O11P2Si3/c1-28(2)29(32)37-20-16-27-47(13,41-45(9,10)25-15-14-24-43(33,34)38-22-18-30(3,4)5)42-46(11,12)26-17-21-39-44(35,36)40-23-19-31(6,7)8/h1,14-27H2,2-13H3/p+2. The maximum absolute atomic E-state index is 12.5. The van der Waals surface area contributed by atoms with Crippen molar-refractivity contribution in [2.45, 2.75) is 83.5 Å². The highest BCUT2D eigenvalue weighted by Crippen LogP contribution is 2.44. The third-order valence-corrected chi connectivity index (χ3v) is 21.8. The predicted molar refractivity (Wildman–Crippen MR) is 196 cm³/mol. The summed E-state index contributed by atoms with van der Waals surface area (Å²) in [5, 5.41) is 0. The molecule has 0 aromatic rings. The van der Waals surface area contributed by atoms with Crippen LogP contribution in [0.3, 0.4) is 0 Å². The average Bonchev–Trinajstić information content (AvgIpc) is 2.84. The maximum atomic E-state index is 12.5. The van der Waals surface area contributed by atoms with Crippen LogP contribution in [0.1, 0.15) is 32.6 Å². The molecule has 0 amide bonds. The van der Waals surface area contributed by atoms with Crippen molar-refractivity contribution in [2.24, 2.45) is 0 Å². The summed E-state index contributed by atoms with van der Waals surface area (Å²) in [5.74, 6) is -0.426. The van der Waals surface area contributed by atoms with Crippen LogP contribution < -0.4 is 0 Å². The van der Waals surface area contributed by atoms with Gasteiger partial charge < -0.3 is 36.2 Å². The Balaban J connectivity index is 5.23. The van der Waals surface area contributed by atoms with Crippen molar-refractivity contribution in [1.82, 2.24) is 0 Å². The van der Waals surface area contributed by atoms with Gasteiger partial charge in [-0.25, -0.2) is 9.36 Å². The van der Waals surface area contributed by atoms with Crippen LogP contribution in [0.2, 0.25) is 50.9 Å². The highest BCUT2D eigenvalue weighted by Gasteiger charge is 2.43. The summed E-state index contributed by atoms with van der Waals surface area (Å²) in [4.78, 5) is 32.2. The minimum Gasteiger partial charge on any atom is -0.462 e. The third-order valence-electron chi connectivity index (χ3n) is 7.06. The Bertz CT molecular complexity index is 1000. The van der Waals surface area contributed by atoms with Gasteiger partial charge >= 0.3 is 29.9 Å². The van der Waals surface area contributed by atoms with E-state index in [0.717, 1.165) is 12.5 Å². The van der Waals surface area contributed by atoms with Crippen molar-refractivity contribution < 1.29 is 59.2 Å². The first-order valence-corrected chi connectivity index (χ1v) is 28.5. The lowest BCUT2D eigenvalue weighted by Crippen LogP contribution is -2.54. The van der Waals surface area contributed by atoms with Gasteiger partial charge in [0.1, 0.15) is 26.3 Å². The first-order chi connectivity index (χ1) is 21.1. The van der Waals surface area contributed by atoms with E-state index < -0.39 is 46.6 Å². The Morgan fingerprint density at radius 3 is 1.62 bits per heavy atom. The fraction of sp³-hybridized carbons (Fsp3) is 0.897. The summed E-state index contributed by atoms with van der Waals surface area (Å²) in [6.07, 6.45) is 2.51. The highest BCUT2D eigenvalue weighted by molar-refractivity contribution is 7.52. The van der Waals surface area contributed by atoms with Crippen molar-refractivity contribution in [3.63, 3.8) is 0 Å². The molecule has 0 saturated carbocycles. The quantitative estimate of drug-likeness (QED) is 0.0256. The number of quaternary nitrogens is 2. The van der Waals surface area contributed by atoms with Crippen LogP contribution in [0, 0.1) is 0 Å². The second-order valence-corrected chi connectivity index (χ2v) is 31.7. The number of phosphoric acid groups is 1.